The molecule has 16 heavy (non-hydrogen) atoms. The number of esters is 1. The van der Waals surface area contributed by atoms with Gasteiger partial charge >= 0.3 is 5.97 Å². The van der Waals surface area contributed by atoms with Gasteiger partial charge in [0.25, 0.3) is 0 Å². The highest BCUT2D eigenvalue weighted by molar-refractivity contribution is 9.10. The predicted octanol–water partition coefficient (Wildman–Crippen LogP) is 1.97. The fourth-order valence-electron chi connectivity index (χ4n) is 1.37. The van der Waals surface area contributed by atoms with E-state index in [9.17, 15) is 9.90 Å². The largest absolute Gasteiger partial charge is 0.495 e. The summed E-state index contributed by atoms with van der Waals surface area (Å²) in [5.41, 5.74) is 1.34. The molecule has 0 spiro atoms. The van der Waals surface area contributed by atoms with Crippen LogP contribution < -0.4 is 4.74 Å². The fraction of sp³-hybridized carbons (Fsp3) is 0.364. The van der Waals surface area contributed by atoms with E-state index in [1.54, 1.807) is 12.1 Å². The molecule has 0 aromatic heterocycles. The maximum atomic E-state index is 11.2. The molecule has 1 aromatic carbocycles. The van der Waals surface area contributed by atoms with Gasteiger partial charge in [0.2, 0.25) is 0 Å². The first-order valence-corrected chi connectivity index (χ1v) is 5.41. The van der Waals surface area contributed by atoms with Gasteiger partial charge in [-0.3, -0.25) is 0 Å². The quantitative estimate of drug-likeness (QED) is 0.864. The van der Waals surface area contributed by atoms with Crippen molar-refractivity contribution < 1.29 is 19.4 Å². The van der Waals surface area contributed by atoms with Crippen molar-refractivity contribution in [2.24, 2.45) is 0 Å². The predicted molar refractivity (Wildman–Crippen MR) is 62.4 cm³/mol. The van der Waals surface area contributed by atoms with Crippen LogP contribution in [-0.4, -0.2) is 25.3 Å². The number of carbonyl (C=O) groups excluding carboxylic acids is 1. The number of carbonyl (C=O) groups is 1. The van der Waals surface area contributed by atoms with E-state index in [-0.39, 0.29) is 0 Å². The second-order valence-corrected chi connectivity index (χ2v) is 4.04. The van der Waals surface area contributed by atoms with Crippen LogP contribution in [-0.2, 0) is 9.53 Å². The van der Waals surface area contributed by atoms with Gasteiger partial charge in [-0.05, 0) is 28.4 Å². The van der Waals surface area contributed by atoms with Crippen molar-refractivity contribution in [3.05, 3.63) is 27.7 Å². The van der Waals surface area contributed by atoms with Crippen LogP contribution in [0.4, 0.5) is 0 Å². The zero-order valence-electron chi connectivity index (χ0n) is 9.28. The molecule has 0 heterocycles. The summed E-state index contributed by atoms with van der Waals surface area (Å²) in [6, 6.07) is 3.43. The average molecular weight is 289 g/mol. The van der Waals surface area contributed by atoms with Crippen LogP contribution in [0.5, 0.6) is 5.75 Å². The number of aliphatic hydroxyl groups is 1. The number of rotatable bonds is 3. The minimum absolute atomic E-state index is 0.425. The lowest BCUT2D eigenvalue weighted by molar-refractivity contribution is -0.150. The molecule has 4 nitrogen and oxygen atoms in total. The Balaban J connectivity index is 3.20. The molecule has 0 amide bonds. The molecule has 1 atom stereocenters. The van der Waals surface area contributed by atoms with Crippen LogP contribution in [0.1, 0.15) is 17.2 Å². The molecule has 88 valence electrons. The average Bonchev–Trinajstić information content (AvgIpc) is 2.28. The molecule has 0 aliphatic carbocycles. The molecular formula is C11H13BrO4. The lowest BCUT2D eigenvalue weighted by atomic mass is 10.1. The first-order valence-electron chi connectivity index (χ1n) is 4.61. The molecule has 0 bridgehead atoms. The lowest BCUT2D eigenvalue weighted by Gasteiger charge is -2.14. The van der Waals surface area contributed by atoms with E-state index in [1.807, 2.05) is 6.92 Å². The smallest absolute Gasteiger partial charge is 0.339 e. The Morgan fingerprint density at radius 3 is 2.56 bits per heavy atom. The van der Waals surface area contributed by atoms with E-state index in [0.29, 0.717) is 15.8 Å². The SMILES string of the molecule is COC(=O)C(O)c1ccc(C)c(OC)c1Br. The topological polar surface area (TPSA) is 55.8 Å². The van der Waals surface area contributed by atoms with Crippen LogP contribution in [0.3, 0.4) is 0 Å². The Morgan fingerprint density at radius 2 is 2.06 bits per heavy atom. The van der Waals surface area contributed by atoms with Crippen LogP contribution >= 0.6 is 15.9 Å². The summed E-state index contributed by atoms with van der Waals surface area (Å²) < 4.78 is 10.2. The monoisotopic (exact) mass is 288 g/mol. The van der Waals surface area contributed by atoms with Gasteiger partial charge in [-0.2, -0.15) is 0 Å². The summed E-state index contributed by atoms with van der Waals surface area (Å²) in [5, 5.41) is 9.72. The molecule has 0 radical (unpaired) electrons. The molecule has 0 saturated heterocycles. The van der Waals surface area contributed by atoms with Crippen LogP contribution in [0, 0.1) is 6.92 Å². The van der Waals surface area contributed by atoms with E-state index < -0.39 is 12.1 Å². The van der Waals surface area contributed by atoms with E-state index >= 15 is 0 Å². The normalized spacial score (nSPS) is 12.1. The van der Waals surface area contributed by atoms with E-state index in [4.69, 9.17) is 4.74 Å². The van der Waals surface area contributed by atoms with Gasteiger partial charge < -0.3 is 14.6 Å². The van der Waals surface area contributed by atoms with E-state index in [1.165, 1.54) is 14.2 Å². The minimum atomic E-state index is -1.31. The summed E-state index contributed by atoms with van der Waals surface area (Å²) in [6.45, 7) is 1.87. The summed E-state index contributed by atoms with van der Waals surface area (Å²) in [5.74, 6) is -0.105. The Hall–Kier alpha value is -1.07. The maximum Gasteiger partial charge on any atom is 0.339 e. The van der Waals surface area contributed by atoms with Gasteiger partial charge in [0.1, 0.15) is 5.75 Å². The third-order valence-corrected chi connectivity index (χ3v) is 3.06. The van der Waals surface area contributed by atoms with Crippen molar-refractivity contribution in [3.8, 4) is 5.75 Å². The van der Waals surface area contributed by atoms with Gasteiger partial charge in [-0.25, -0.2) is 4.79 Å². The van der Waals surface area contributed by atoms with Crippen molar-refractivity contribution in [3.63, 3.8) is 0 Å². The van der Waals surface area contributed by atoms with Crippen LogP contribution in [0.25, 0.3) is 0 Å². The van der Waals surface area contributed by atoms with Gasteiger partial charge in [0.05, 0.1) is 18.7 Å². The molecule has 1 N–H and O–H groups in total. The summed E-state index contributed by atoms with van der Waals surface area (Å²) in [6.07, 6.45) is -1.31. The van der Waals surface area contributed by atoms with Crippen LogP contribution in [0.2, 0.25) is 0 Å². The van der Waals surface area contributed by atoms with Crippen LogP contribution in [0.15, 0.2) is 16.6 Å². The molecule has 0 aliphatic rings. The molecule has 0 aliphatic heterocycles. The number of aliphatic hydroxyl groups excluding tert-OH is 1. The Kier molecular flexibility index (Phi) is 4.32. The van der Waals surface area contributed by atoms with Gasteiger partial charge in [-0.1, -0.05) is 12.1 Å². The number of hydrogen-bond donors (Lipinski definition) is 1. The maximum absolute atomic E-state index is 11.2. The number of benzene rings is 1. The summed E-state index contributed by atoms with van der Waals surface area (Å²) in [4.78, 5) is 11.2. The third kappa shape index (κ3) is 2.36. The number of ether oxygens (including phenoxy) is 2. The molecule has 1 aromatic rings. The number of methoxy groups -OCH3 is 2. The zero-order chi connectivity index (χ0) is 12.3. The van der Waals surface area contributed by atoms with Crippen molar-refractivity contribution in [1.82, 2.24) is 0 Å². The highest BCUT2D eigenvalue weighted by atomic mass is 79.9. The summed E-state index contributed by atoms with van der Waals surface area (Å²) >= 11 is 3.30. The second kappa shape index (κ2) is 5.32. The van der Waals surface area contributed by atoms with E-state index in [0.717, 1.165) is 5.56 Å². The van der Waals surface area contributed by atoms with E-state index in [2.05, 4.69) is 20.7 Å². The number of hydrogen-bond acceptors (Lipinski definition) is 4. The Bertz CT molecular complexity index is 403. The lowest BCUT2D eigenvalue weighted by Crippen LogP contribution is -2.14. The molecule has 1 rings (SSSR count). The Morgan fingerprint density at radius 1 is 1.44 bits per heavy atom. The molecule has 5 heteroatoms. The molecule has 1 unspecified atom stereocenters. The Labute approximate surface area is 102 Å². The molecular weight excluding hydrogens is 276 g/mol. The molecule has 0 fully saturated rings. The van der Waals surface area contributed by atoms with Gasteiger partial charge in [-0.15, -0.1) is 0 Å². The third-order valence-electron chi connectivity index (χ3n) is 2.25. The second-order valence-electron chi connectivity index (χ2n) is 3.24. The first kappa shape index (κ1) is 13.0. The van der Waals surface area contributed by atoms with Gasteiger partial charge in [0, 0.05) is 5.56 Å². The number of aryl methyl sites for hydroxylation is 1. The molecule has 0 saturated carbocycles. The minimum Gasteiger partial charge on any atom is -0.495 e. The van der Waals surface area contributed by atoms with Crippen molar-refractivity contribution in [2.45, 2.75) is 13.0 Å². The first-order chi connectivity index (χ1) is 7.52. The van der Waals surface area contributed by atoms with Crippen molar-refractivity contribution in [2.75, 3.05) is 14.2 Å². The highest BCUT2D eigenvalue weighted by Crippen LogP contribution is 2.35. The van der Waals surface area contributed by atoms with Crippen molar-refractivity contribution >= 4 is 21.9 Å². The fourth-order valence-corrected chi connectivity index (χ4v) is 2.19. The standard InChI is InChI=1S/C11H13BrO4/c1-6-4-5-7(8(12)10(6)15-2)9(13)11(14)16-3/h4-5,9,13H,1-3H3. The zero-order valence-corrected chi connectivity index (χ0v) is 10.9. The van der Waals surface area contributed by atoms with Crippen molar-refractivity contribution in [1.29, 1.82) is 0 Å². The summed E-state index contributed by atoms with van der Waals surface area (Å²) in [7, 11) is 2.76. The van der Waals surface area contributed by atoms with Gasteiger partial charge in [0.15, 0.2) is 6.10 Å². The number of halogens is 1. The highest BCUT2D eigenvalue weighted by Gasteiger charge is 2.22.